The molecule has 0 amide bonds. The van der Waals surface area contributed by atoms with Crippen LogP contribution < -0.4 is 5.73 Å². The molecule has 0 aliphatic rings. The highest BCUT2D eigenvalue weighted by Crippen LogP contribution is 2.23. The van der Waals surface area contributed by atoms with E-state index in [-0.39, 0.29) is 14.9 Å². The number of hydrogen-bond donors (Lipinski definition) is 1. The summed E-state index contributed by atoms with van der Waals surface area (Å²) in [5.41, 5.74) is 5.98. The summed E-state index contributed by atoms with van der Waals surface area (Å²) in [6, 6.07) is 4.41. The van der Waals surface area contributed by atoms with Gasteiger partial charge in [-0.1, -0.05) is 43.6 Å². The minimum Gasteiger partial charge on any atom is -0.389 e. The van der Waals surface area contributed by atoms with E-state index in [2.05, 4.69) is 6.92 Å². The van der Waals surface area contributed by atoms with Crippen LogP contribution in [-0.2, 0) is 10.0 Å². The second-order valence-corrected chi connectivity index (χ2v) is 7.43. The molecule has 0 saturated heterocycles. The van der Waals surface area contributed by atoms with Gasteiger partial charge in [0.2, 0.25) is 10.0 Å². The molecule has 0 saturated carbocycles. The highest BCUT2D eigenvalue weighted by Gasteiger charge is 2.21. The lowest BCUT2D eigenvalue weighted by atomic mass is 10.2. The lowest BCUT2D eigenvalue weighted by molar-refractivity contribution is 0.454. The summed E-state index contributed by atoms with van der Waals surface area (Å²) >= 11 is 10.9. The number of benzene rings is 1. The van der Waals surface area contributed by atoms with E-state index in [1.54, 1.807) is 7.05 Å². The minimum atomic E-state index is -3.52. The number of nitrogens with zero attached hydrogens (tertiary/aromatic N) is 1. The number of halogens is 1. The lowest BCUT2D eigenvalue weighted by Crippen LogP contribution is -2.28. The Morgan fingerprint density at radius 2 is 2.05 bits per heavy atom. The third-order valence-electron chi connectivity index (χ3n) is 2.99. The molecule has 0 aliphatic heterocycles. The fourth-order valence-corrected chi connectivity index (χ4v) is 3.56. The SMILES string of the molecule is CCCCCN(C)S(=O)(=O)c1ccc(C(N)=S)c(Cl)c1. The predicted octanol–water partition coefficient (Wildman–Crippen LogP) is 2.78. The summed E-state index contributed by atoms with van der Waals surface area (Å²) in [5, 5.41) is 0.250. The minimum absolute atomic E-state index is 0.148. The first-order chi connectivity index (χ1) is 9.30. The van der Waals surface area contributed by atoms with Crippen molar-refractivity contribution in [1.82, 2.24) is 4.31 Å². The third kappa shape index (κ3) is 4.15. The summed E-state index contributed by atoms with van der Waals surface area (Å²) in [4.78, 5) is 0.303. The molecule has 1 aromatic rings. The Morgan fingerprint density at radius 1 is 1.40 bits per heavy atom. The Morgan fingerprint density at radius 3 is 2.55 bits per heavy atom. The van der Waals surface area contributed by atoms with Gasteiger partial charge in [-0.15, -0.1) is 0 Å². The van der Waals surface area contributed by atoms with Crippen LogP contribution in [0, 0.1) is 0 Å². The number of nitrogens with two attached hydrogens (primary N) is 1. The third-order valence-corrected chi connectivity index (χ3v) is 5.38. The van der Waals surface area contributed by atoms with Gasteiger partial charge in [0.25, 0.3) is 0 Å². The molecule has 0 aliphatic carbocycles. The quantitative estimate of drug-likeness (QED) is 0.615. The van der Waals surface area contributed by atoms with Crippen molar-refractivity contribution in [3.63, 3.8) is 0 Å². The van der Waals surface area contributed by atoms with E-state index in [4.69, 9.17) is 29.6 Å². The van der Waals surface area contributed by atoms with E-state index in [1.807, 2.05) is 0 Å². The maximum atomic E-state index is 12.4. The van der Waals surface area contributed by atoms with Crippen molar-refractivity contribution in [2.45, 2.75) is 31.1 Å². The van der Waals surface area contributed by atoms with Crippen molar-refractivity contribution in [2.75, 3.05) is 13.6 Å². The molecule has 0 spiro atoms. The van der Waals surface area contributed by atoms with Gasteiger partial charge < -0.3 is 5.73 Å². The van der Waals surface area contributed by atoms with E-state index in [0.29, 0.717) is 12.1 Å². The number of sulfonamides is 1. The Bertz CT molecular complexity index is 588. The maximum Gasteiger partial charge on any atom is 0.242 e. The first-order valence-corrected chi connectivity index (χ1v) is 8.59. The smallest absolute Gasteiger partial charge is 0.242 e. The van der Waals surface area contributed by atoms with Gasteiger partial charge in [0.15, 0.2) is 0 Å². The zero-order chi connectivity index (χ0) is 15.3. The molecule has 0 fully saturated rings. The molecule has 2 N–H and O–H groups in total. The molecule has 0 atom stereocenters. The first kappa shape index (κ1) is 17.4. The molecule has 1 aromatic carbocycles. The van der Waals surface area contributed by atoms with E-state index in [1.165, 1.54) is 22.5 Å². The summed E-state index contributed by atoms with van der Waals surface area (Å²) in [7, 11) is -1.95. The van der Waals surface area contributed by atoms with Gasteiger partial charge in [0.05, 0.1) is 9.92 Å². The monoisotopic (exact) mass is 334 g/mol. The van der Waals surface area contributed by atoms with Crippen molar-refractivity contribution in [1.29, 1.82) is 0 Å². The van der Waals surface area contributed by atoms with Crippen LogP contribution in [0.5, 0.6) is 0 Å². The molecule has 0 bridgehead atoms. The Labute approximate surface area is 131 Å². The highest BCUT2D eigenvalue weighted by molar-refractivity contribution is 7.89. The Balaban J connectivity index is 2.98. The van der Waals surface area contributed by atoms with Crippen molar-refractivity contribution in [3.05, 3.63) is 28.8 Å². The van der Waals surface area contributed by atoms with Gasteiger partial charge in [0.1, 0.15) is 4.99 Å². The number of hydrogen-bond acceptors (Lipinski definition) is 3. The van der Waals surface area contributed by atoms with E-state index >= 15 is 0 Å². The standard InChI is InChI=1S/C13H19ClN2O2S2/c1-3-4-5-8-16(2)20(17,18)10-6-7-11(13(15)19)12(14)9-10/h6-7,9H,3-5,8H2,1-2H3,(H2,15,19). The highest BCUT2D eigenvalue weighted by atomic mass is 35.5. The molecule has 112 valence electrons. The summed E-state index contributed by atoms with van der Waals surface area (Å²) < 4.78 is 26.1. The van der Waals surface area contributed by atoms with Gasteiger partial charge in [-0.25, -0.2) is 12.7 Å². The molecular formula is C13H19ClN2O2S2. The zero-order valence-corrected chi connectivity index (χ0v) is 14.0. The summed E-state index contributed by atoms with van der Waals surface area (Å²) in [6.45, 7) is 2.56. The van der Waals surface area contributed by atoms with Crippen LogP contribution in [0.4, 0.5) is 0 Å². The van der Waals surface area contributed by atoms with Gasteiger partial charge in [-0.3, -0.25) is 0 Å². The van der Waals surface area contributed by atoms with Crippen LogP contribution in [-0.4, -0.2) is 31.3 Å². The predicted molar refractivity (Wildman–Crippen MR) is 86.7 cm³/mol. The molecule has 0 radical (unpaired) electrons. The molecule has 20 heavy (non-hydrogen) atoms. The Hall–Kier alpha value is -0.690. The van der Waals surface area contributed by atoms with Crippen LogP contribution >= 0.6 is 23.8 Å². The Kier molecular flexibility index (Phi) is 6.39. The molecule has 0 heterocycles. The zero-order valence-electron chi connectivity index (χ0n) is 11.6. The molecule has 0 unspecified atom stereocenters. The molecule has 4 nitrogen and oxygen atoms in total. The molecule has 1 rings (SSSR count). The normalized spacial score (nSPS) is 11.8. The van der Waals surface area contributed by atoms with Crippen LogP contribution in [0.15, 0.2) is 23.1 Å². The number of thiocarbonyl (C=S) groups is 1. The maximum absolute atomic E-state index is 12.4. The summed E-state index contributed by atoms with van der Waals surface area (Å²) in [5.74, 6) is 0. The van der Waals surface area contributed by atoms with Crippen LogP contribution in [0.2, 0.25) is 5.02 Å². The fraction of sp³-hybridized carbons (Fsp3) is 0.462. The van der Waals surface area contributed by atoms with Crippen LogP contribution in [0.25, 0.3) is 0 Å². The van der Waals surface area contributed by atoms with Gasteiger partial charge in [0, 0.05) is 19.2 Å². The summed E-state index contributed by atoms with van der Waals surface area (Å²) in [6.07, 6.45) is 2.88. The lowest BCUT2D eigenvalue weighted by Gasteiger charge is -2.17. The number of unbranched alkanes of at least 4 members (excludes halogenated alkanes) is 2. The second-order valence-electron chi connectivity index (χ2n) is 4.54. The molecular weight excluding hydrogens is 316 g/mol. The van der Waals surface area contributed by atoms with Crippen molar-refractivity contribution >= 4 is 38.8 Å². The first-order valence-electron chi connectivity index (χ1n) is 6.36. The molecule has 7 heteroatoms. The van der Waals surface area contributed by atoms with Gasteiger partial charge >= 0.3 is 0 Å². The number of rotatable bonds is 7. The molecule has 0 aromatic heterocycles. The topological polar surface area (TPSA) is 63.4 Å². The van der Waals surface area contributed by atoms with Crippen LogP contribution in [0.1, 0.15) is 31.7 Å². The van der Waals surface area contributed by atoms with Gasteiger partial charge in [-0.05, 0) is 24.6 Å². The van der Waals surface area contributed by atoms with Crippen LogP contribution in [0.3, 0.4) is 0 Å². The second kappa shape index (κ2) is 7.36. The average Bonchev–Trinajstić information content (AvgIpc) is 2.38. The average molecular weight is 335 g/mol. The van der Waals surface area contributed by atoms with E-state index in [9.17, 15) is 8.42 Å². The van der Waals surface area contributed by atoms with Crippen molar-refractivity contribution in [3.8, 4) is 0 Å². The fourth-order valence-electron chi connectivity index (χ4n) is 1.74. The van der Waals surface area contributed by atoms with Crippen molar-refractivity contribution in [2.24, 2.45) is 5.73 Å². The van der Waals surface area contributed by atoms with Crippen molar-refractivity contribution < 1.29 is 8.42 Å². The van der Waals surface area contributed by atoms with E-state index < -0.39 is 10.0 Å². The van der Waals surface area contributed by atoms with Gasteiger partial charge in [-0.2, -0.15) is 0 Å². The van der Waals surface area contributed by atoms with E-state index in [0.717, 1.165) is 19.3 Å². The largest absolute Gasteiger partial charge is 0.389 e.